The van der Waals surface area contributed by atoms with Gasteiger partial charge in [-0.15, -0.1) is 0 Å². The van der Waals surface area contributed by atoms with Crippen LogP contribution in [0.4, 0.5) is 0 Å². The number of ether oxygens (including phenoxy) is 1. The molecule has 7 heteroatoms. The standard InChI is InChI=1S/C16H27N3O3S/c1-4-22-15-5-7-16(8-6-15)23(20,21)17-13-14(2)19-11-9-18(3)10-12-19/h5-8,14,17H,4,9-13H2,1-3H3/t14-/m1/s1. The maximum atomic E-state index is 12.4. The van der Waals surface area contributed by atoms with Crippen molar-refractivity contribution < 1.29 is 13.2 Å². The van der Waals surface area contributed by atoms with Crippen molar-refractivity contribution in [1.82, 2.24) is 14.5 Å². The Morgan fingerprint density at radius 3 is 2.35 bits per heavy atom. The molecule has 1 aromatic rings. The predicted octanol–water partition coefficient (Wildman–Crippen LogP) is 1.000. The van der Waals surface area contributed by atoms with E-state index in [9.17, 15) is 8.42 Å². The fraction of sp³-hybridized carbons (Fsp3) is 0.625. The van der Waals surface area contributed by atoms with E-state index in [4.69, 9.17) is 4.74 Å². The lowest BCUT2D eigenvalue weighted by Crippen LogP contribution is -2.51. The first kappa shape index (κ1) is 18.2. The van der Waals surface area contributed by atoms with Crippen LogP contribution in [0.1, 0.15) is 13.8 Å². The van der Waals surface area contributed by atoms with E-state index in [1.807, 2.05) is 6.92 Å². The minimum absolute atomic E-state index is 0.182. The molecule has 1 aliphatic rings. The van der Waals surface area contributed by atoms with E-state index >= 15 is 0 Å². The minimum atomic E-state index is -3.48. The van der Waals surface area contributed by atoms with Gasteiger partial charge in [0, 0.05) is 38.8 Å². The molecule has 23 heavy (non-hydrogen) atoms. The zero-order valence-electron chi connectivity index (χ0n) is 14.2. The molecular formula is C16H27N3O3S. The summed E-state index contributed by atoms with van der Waals surface area (Å²) in [7, 11) is -1.37. The van der Waals surface area contributed by atoms with Gasteiger partial charge in [0.25, 0.3) is 0 Å². The third-order valence-corrected chi connectivity index (χ3v) is 5.61. The van der Waals surface area contributed by atoms with Gasteiger partial charge in [0.2, 0.25) is 10.0 Å². The second-order valence-electron chi connectivity index (χ2n) is 5.94. The van der Waals surface area contributed by atoms with E-state index in [-0.39, 0.29) is 10.9 Å². The molecule has 0 radical (unpaired) electrons. The number of piperazine rings is 1. The van der Waals surface area contributed by atoms with Crippen molar-refractivity contribution in [3.63, 3.8) is 0 Å². The van der Waals surface area contributed by atoms with Gasteiger partial charge < -0.3 is 9.64 Å². The van der Waals surface area contributed by atoms with Gasteiger partial charge in [0.1, 0.15) is 5.75 Å². The Bertz CT molecular complexity index is 581. The zero-order chi connectivity index (χ0) is 16.9. The van der Waals surface area contributed by atoms with Gasteiger partial charge >= 0.3 is 0 Å². The Labute approximate surface area is 139 Å². The average molecular weight is 341 g/mol. The maximum absolute atomic E-state index is 12.4. The molecule has 0 spiro atoms. The van der Waals surface area contributed by atoms with Gasteiger partial charge in [-0.05, 0) is 45.2 Å². The largest absolute Gasteiger partial charge is 0.494 e. The molecule has 0 unspecified atom stereocenters. The van der Waals surface area contributed by atoms with Crippen molar-refractivity contribution in [3.8, 4) is 5.75 Å². The second kappa shape index (κ2) is 8.10. The fourth-order valence-electron chi connectivity index (χ4n) is 2.59. The van der Waals surface area contributed by atoms with Crippen LogP contribution < -0.4 is 9.46 Å². The predicted molar refractivity (Wildman–Crippen MR) is 91.3 cm³/mol. The van der Waals surface area contributed by atoms with E-state index in [1.54, 1.807) is 24.3 Å². The monoisotopic (exact) mass is 341 g/mol. The van der Waals surface area contributed by atoms with Gasteiger partial charge in [0.05, 0.1) is 11.5 Å². The lowest BCUT2D eigenvalue weighted by Gasteiger charge is -2.36. The van der Waals surface area contributed by atoms with E-state index in [2.05, 4.69) is 28.5 Å². The highest BCUT2D eigenvalue weighted by Gasteiger charge is 2.21. The molecule has 1 atom stereocenters. The van der Waals surface area contributed by atoms with Gasteiger partial charge in [-0.25, -0.2) is 13.1 Å². The molecule has 6 nitrogen and oxygen atoms in total. The number of benzene rings is 1. The number of hydrogen-bond donors (Lipinski definition) is 1. The third kappa shape index (κ3) is 5.17. The Balaban J connectivity index is 1.90. The summed E-state index contributed by atoms with van der Waals surface area (Å²) in [6, 6.07) is 6.70. The van der Waals surface area contributed by atoms with Crippen LogP contribution >= 0.6 is 0 Å². The molecule has 0 aliphatic carbocycles. The Kier molecular flexibility index (Phi) is 6.41. The third-order valence-electron chi connectivity index (χ3n) is 4.18. The summed E-state index contributed by atoms with van der Waals surface area (Å²) < 4.78 is 32.8. The van der Waals surface area contributed by atoms with Crippen LogP contribution in [0.25, 0.3) is 0 Å². The lowest BCUT2D eigenvalue weighted by molar-refractivity contribution is 0.120. The van der Waals surface area contributed by atoms with Crippen molar-refractivity contribution in [2.24, 2.45) is 0 Å². The van der Waals surface area contributed by atoms with Gasteiger partial charge in [-0.2, -0.15) is 0 Å². The molecule has 0 saturated carbocycles. The topological polar surface area (TPSA) is 61.9 Å². The number of nitrogens with one attached hydrogen (secondary N) is 1. The van der Waals surface area contributed by atoms with Crippen molar-refractivity contribution in [1.29, 1.82) is 0 Å². The number of nitrogens with zero attached hydrogens (tertiary/aromatic N) is 2. The first-order valence-electron chi connectivity index (χ1n) is 8.07. The summed E-state index contributed by atoms with van der Waals surface area (Å²) in [6.45, 7) is 8.93. The summed E-state index contributed by atoms with van der Waals surface area (Å²) in [5.41, 5.74) is 0. The summed E-state index contributed by atoms with van der Waals surface area (Å²) in [4.78, 5) is 4.88. The van der Waals surface area contributed by atoms with Crippen LogP contribution in [0.15, 0.2) is 29.2 Å². The van der Waals surface area contributed by atoms with Crippen molar-refractivity contribution in [2.75, 3.05) is 46.4 Å². The second-order valence-corrected chi connectivity index (χ2v) is 7.71. The molecule has 1 fully saturated rings. The van der Waals surface area contributed by atoms with Gasteiger partial charge in [-0.3, -0.25) is 4.90 Å². The first-order valence-corrected chi connectivity index (χ1v) is 9.56. The van der Waals surface area contributed by atoms with Crippen LogP contribution in [-0.2, 0) is 10.0 Å². The van der Waals surface area contributed by atoms with Gasteiger partial charge in [-0.1, -0.05) is 0 Å². The number of rotatable bonds is 7. The fourth-order valence-corrected chi connectivity index (χ4v) is 3.71. The Morgan fingerprint density at radius 1 is 1.17 bits per heavy atom. The molecule has 0 amide bonds. The molecule has 1 aliphatic heterocycles. The lowest BCUT2D eigenvalue weighted by atomic mass is 10.2. The zero-order valence-corrected chi connectivity index (χ0v) is 15.0. The summed E-state index contributed by atoms with van der Waals surface area (Å²) in [5.74, 6) is 0.678. The highest BCUT2D eigenvalue weighted by atomic mass is 32.2. The van der Waals surface area contributed by atoms with E-state index in [0.717, 1.165) is 26.2 Å². The average Bonchev–Trinajstić information content (AvgIpc) is 2.54. The molecule has 1 heterocycles. The molecule has 0 aromatic heterocycles. The number of hydrogen-bond acceptors (Lipinski definition) is 5. The normalized spacial score (nSPS) is 18.7. The minimum Gasteiger partial charge on any atom is -0.494 e. The smallest absolute Gasteiger partial charge is 0.240 e. The Hall–Kier alpha value is -1.15. The van der Waals surface area contributed by atoms with E-state index in [0.29, 0.717) is 18.9 Å². The van der Waals surface area contributed by atoms with Crippen molar-refractivity contribution in [2.45, 2.75) is 24.8 Å². The quantitative estimate of drug-likeness (QED) is 0.802. The molecule has 1 saturated heterocycles. The highest BCUT2D eigenvalue weighted by Crippen LogP contribution is 2.16. The molecule has 1 N–H and O–H groups in total. The molecule has 0 bridgehead atoms. The highest BCUT2D eigenvalue weighted by molar-refractivity contribution is 7.89. The van der Waals surface area contributed by atoms with E-state index < -0.39 is 10.0 Å². The van der Waals surface area contributed by atoms with Crippen LogP contribution in [0, 0.1) is 0 Å². The van der Waals surface area contributed by atoms with E-state index in [1.165, 1.54) is 0 Å². The molecule has 130 valence electrons. The maximum Gasteiger partial charge on any atom is 0.240 e. The first-order chi connectivity index (χ1) is 10.9. The summed E-state index contributed by atoms with van der Waals surface area (Å²) in [6.07, 6.45) is 0. The molecule has 2 rings (SSSR count). The number of sulfonamides is 1. The SMILES string of the molecule is CCOc1ccc(S(=O)(=O)NC[C@@H](C)N2CCN(C)CC2)cc1. The van der Waals surface area contributed by atoms with Crippen LogP contribution in [0.5, 0.6) is 5.75 Å². The van der Waals surface area contributed by atoms with Crippen LogP contribution in [-0.4, -0.2) is 70.6 Å². The summed E-state index contributed by atoms with van der Waals surface area (Å²) in [5, 5.41) is 0. The number of likely N-dealkylation sites (N-methyl/N-ethyl adjacent to an activating group) is 1. The molecule has 1 aromatic carbocycles. The molecular weight excluding hydrogens is 314 g/mol. The van der Waals surface area contributed by atoms with Crippen molar-refractivity contribution in [3.05, 3.63) is 24.3 Å². The summed E-state index contributed by atoms with van der Waals surface area (Å²) >= 11 is 0. The van der Waals surface area contributed by atoms with Crippen molar-refractivity contribution >= 4 is 10.0 Å². The van der Waals surface area contributed by atoms with Crippen LogP contribution in [0.3, 0.4) is 0 Å². The Morgan fingerprint density at radius 2 is 1.78 bits per heavy atom. The van der Waals surface area contributed by atoms with Gasteiger partial charge in [0.15, 0.2) is 0 Å². The van der Waals surface area contributed by atoms with Crippen LogP contribution in [0.2, 0.25) is 0 Å².